The molecule has 2 rings (SSSR count). The van der Waals surface area contributed by atoms with Gasteiger partial charge in [0.1, 0.15) is 17.5 Å². The first kappa shape index (κ1) is 19.4. The Labute approximate surface area is 148 Å². The zero-order valence-electron chi connectivity index (χ0n) is 15.1. The van der Waals surface area contributed by atoms with Gasteiger partial charge >= 0.3 is 5.97 Å². The second-order valence-electron chi connectivity index (χ2n) is 7.62. The predicted octanol–water partition coefficient (Wildman–Crippen LogP) is 2.80. The van der Waals surface area contributed by atoms with Crippen LogP contribution in [0.1, 0.15) is 51.6 Å². The third-order valence-electron chi connectivity index (χ3n) is 4.26. The number of primary amides is 1. The van der Waals surface area contributed by atoms with Crippen LogP contribution in [0, 0.1) is 11.7 Å². The van der Waals surface area contributed by atoms with Crippen molar-refractivity contribution in [3.63, 3.8) is 0 Å². The fourth-order valence-corrected chi connectivity index (χ4v) is 3.34. The number of hydrogen-bond acceptors (Lipinski definition) is 4. The highest BCUT2D eigenvalue weighted by molar-refractivity contribution is 5.81. The van der Waals surface area contributed by atoms with Crippen molar-refractivity contribution in [3.8, 4) is 0 Å². The van der Waals surface area contributed by atoms with Crippen LogP contribution in [0.2, 0.25) is 0 Å². The fourth-order valence-electron chi connectivity index (χ4n) is 3.34. The van der Waals surface area contributed by atoms with Gasteiger partial charge in [-0.3, -0.25) is 14.5 Å². The maximum absolute atomic E-state index is 14.1. The van der Waals surface area contributed by atoms with E-state index in [1.807, 2.05) is 25.7 Å². The molecule has 2 atom stereocenters. The van der Waals surface area contributed by atoms with Gasteiger partial charge in [-0.15, -0.1) is 0 Å². The molecule has 25 heavy (non-hydrogen) atoms. The number of ether oxygens (including phenoxy) is 1. The first-order chi connectivity index (χ1) is 11.7. The van der Waals surface area contributed by atoms with Crippen LogP contribution in [0.3, 0.4) is 0 Å². The van der Waals surface area contributed by atoms with E-state index in [-0.39, 0.29) is 23.9 Å². The Morgan fingerprint density at radius 1 is 1.36 bits per heavy atom. The molecular formula is C19H27FN2O3. The maximum Gasteiger partial charge on any atom is 0.306 e. The summed E-state index contributed by atoms with van der Waals surface area (Å²) in [4.78, 5) is 25.9. The van der Waals surface area contributed by atoms with Gasteiger partial charge in [-0.05, 0) is 52.1 Å². The molecule has 0 bridgehead atoms. The molecule has 1 fully saturated rings. The van der Waals surface area contributed by atoms with Gasteiger partial charge in [0, 0.05) is 18.5 Å². The van der Waals surface area contributed by atoms with Crippen molar-refractivity contribution in [3.05, 3.63) is 35.6 Å². The molecule has 2 N–H and O–H groups in total. The maximum atomic E-state index is 14.1. The first-order valence-corrected chi connectivity index (χ1v) is 8.67. The summed E-state index contributed by atoms with van der Waals surface area (Å²) in [5.74, 6) is -1.21. The molecule has 0 saturated carbocycles. The van der Waals surface area contributed by atoms with Crippen LogP contribution in [0.5, 0.6) is 0 Å². The average Bonchev–Trinajstić information content (AvgIpc) is 2.47. The number of benzene rings is 1. The molecule has 138 valence electrons. The number of likely N-dealkylation sites (tertiary alicyclic amines) is 1. The number of piperidine rings is 1. The third-order valence-corrected chi connectivity index (χ3v) is 4.26. The minimum absolute atomic E-state index is 0.0669. The Kier molecular flexibility index (Phi) is 6.16. The molecular weight excluding hydrogens is 323 g/mol. The SMILES string of the molecule is CC(C)(C)OC(=O)C[C@@H]1CCCN(C(C(N)=O)c2ccccc2F)C1. The quantitative estimate of drug-likeness (QED) is 0.829. The number of carbonyl (C=O) groups is 2. The standard InChI is InChI=1S/C19H27FN2O3/c1-19(2,3)25-16(23)11-13-7-6-10-22(12-13)17(18(21)24)14-8-4-5-9-15(14)20/h4-5,8-9,13,17H,6-7,10-12H2,1-3H3,(H2,21,24)/t13-,17?/m0/s1. The van der Waals surface area contributed by atoms with Crippen molar-refractivity contribution in [2.75, 3.05) is 13.1 Å². The van der Waals surface area contributed by atoms with E-state index in [0.29, 0.717) is 13.1 Å². The summed E-state index contributed by atoms with van der Waals surface area (Å²) in [5.41, 5.74) is 5.33. The van der Waals surface area contributed by atoms with Crippen molar-refractivity contribution in [1.29, 1.82) is 0 Å². The van der Waals surface area contributed by atoms with E-state index < -0.39 is 23.4 Å². The van der Waals surface area contributed by atoms with Gasteiger partial charge in [-0.1, -0.05) is 18.2 Å². The number of esters is 1. The Balaban J connectivity index is 2.09. The summed E-state index contributed by atoms with van der Waals surface area (Å²) in [6, 6.07) is 5.37. The van der Waals surface area contributed by atoms with Crippen LogP contribution in [-0.4, -0.2) is 35.5 Å². The van der Waals surface area contributed by atoms with Crippen molar-refractivity contribution < 1.29 is 18.7 Å². The molecule has 1 aromatic carbocycles. The minimum Gasteiger partial charge on any atom is -0.460 e. The molecule has 1 aromatic rings. The summed E-state index contributed by atoms with van der Waals surface area (Å²) in [6.07, 6.45) is 1.99. The van der Waals surface area contributed by atoms with E-state index in [1.165, 1.54) is 6.07 Å². The molecule has 1 heterocycles. The molecule has 0 aromatic heterocycles. The Morgan fingerprint density at radius 3 is 2.64 bits per heavy atom. The lowest BCUT2D eigenvalue weighted by atomic mass is 9.92. The summed E-state index contributed by atoms with van der Waals surface area (Å²) in [7, 11) is 0. The lowest BCUT2D eigenvalue weighted by Crippen LogP contribution is -2.44. The van der Waals surface area contributed by atoms with E-state index in [4.69, 9.17) is 10.5 Å². The van der Waals surface area contributed by atoms with Gasteiger partial charge in [0.15, 0.2) is 0 Å². The molecule has 0 aliphatic carbocycles. The second-order valence-corrected chi connectivity index (χ2v) is 7.62. The summed E-state index contributed by atoms with van der Waals surface area (Å²) < 4.78 is 19.5. The van der Waals surface area contributed by atoms with E-state index in [9.17, 15) is 14.0 Å². The highest BCUT2D eigenvalue weighted by Crippen LogP contribution is 2.30. The van der Waals surface area contributed by atoms with Gasteiger partial charge < -0.3 is 10.5 Å². The number of carbonyl (C=O) groups excluding carboxylic acids is 2. The number of hydrogen-bond donors (Lipinski definition) is 1. The highest BCUT2D eigenvalue weighted by Gasteiger charge is 2.33. The topological polar surface area (TPSA) is 72.6 Å². The monoisotopic (exact) mass is 350 g/mol. The van der Waals surface area contributed by atoms with Crippen LogP contribution in [0.15, 0.2) is 24.3 Å². The van der Waals surface area contributed by atoms with Gasteiger partial charge in [-0.2, -0.15) is 0 Å². The molecule has 5 nitrogen and oxygen atoms in total. The van der Waals surface area contributed by atoms with E-state index >= 15 is 0 Å². The van der Waals surface area contributed by atoms with Crippen molar-refractivity contribution >= 4 is 11.9 Å². The van der Waals surface area contributed by atoms with Crippen LogP contribution in [0.25, 0.3) is 0 Å². The zero-order valence-corrected chi connectivity index (χ0v) is 15.1. The van der Waals surface area contributed by atoms with E-state index in [0.717, 1.165) is 12.8 Å². The van der Waals surface area contributed by atoms with Gasteiger partial charge in [-0.25, -0.2) is 4.39 Å². The van der Waals surface area contributed by atoms with Crippen molar-refractivity contribution in [1.82, 2.24) is 4.90 Å². The smallest absolute Gasteiger partial charge is 0.306 e. The Morgan fingerprint density at radius 2 is 2.04 bits per heavy atom. The molecule has 0 spiro atoms. The first-order valence-electron chi connectivity index (χ1n) is 8.67. The summed E-state index contributed by atoms with van der Waals surface area (Å²) in [6.45, 7) is 6.66. The van der Waals surface area contributed by atoms with E-state index in [2.05, 4.69) is 0 Å². The Hall–Kier alpha value is -1.95. The fraction of sp³-hybridized carbons (Fsp3) is 0.579. The third kappa shape index (κ3) is 5.53. The zero-order chi connectivity index (χ0) is 18.6. The lowest BCUT2D eigenvalue weighted by molar-refractivity contribution is -0.156. The largest absolute Gasteiger partial charge is 0.460 e. The second kappa shape index (κ2) is 7.95. The number of halogens is 1. The Bertz CT molecular complexity index is 627. The number of nitrogens with zero attached hydrogens (tertiary/aromatic N) is 1. The summed E-state index contributed by atoms with van der Waals surface area (Å²) >= 11 is 0. The molecule has 1 unspecified atom stereocenters. The number of amides is 1. The van der Waals surface area contributed by atoms with Crippen molar-refractivity contribution in [2.24, 2.45) is 11.7 Å². The molecule has 1 aliphatic rings. The van der Waals surface area contributed by atoms with Crippen LogP contribution < -0.4 is 5.73 Å². The molecule has 1 aliphatic heterocycles. The molecule has 1 amide bonds. The highest BCUT2D eigenvalue weighted by atomic mass is 19.1. The van der Waals surface area contributed by atoms with E-state index in [1.54, 1.807) is 18.2 Å². The van der Waals surface area contributed by atoms with Gasteiger partial charge in [0.25, 0.3) is 0 Å². The minimum atomic E-state index is -0.817. The molecule has 1 saturated heterocycles. The normalized spacial score (nSPS) is 20.1. The number of rotatable bonds is 5. The molecule has 6 heteroatoms. The van der Waals surface area contributed by atoms with Crippen molar-refractivity contribution in [2.45, 2.75) is 51.7 Å². The van der Waals surface area contributed by atoms with Crippen LogP contribution in [0.4, 0.5) is 4.39 Å². The van der Waals surface area contributed by atoms with Crippen LogP contribution >= 0.6 is 0 Å². The van der Waals surface area contributed by atoms with Gasteiger partial charge in [0.2, 0.25) is 5.91 Å². The molecule has 0 radical (unpaired) electrons. The average molecular weight is 350 g/mol. The predicted molar refractivity (Wildman–Crippen MR) is 93.1 cm³/mol. The number of nitrogens with two attached hydrogens (primary N) is 1. The van der Waals surface area contributed by atoms with Crippen LogP contribution in [-0.2, 0) is 14.3 Å². The summed E-state index contributed by atoms with van der Waals surface area (Å²) in [5, 5.41) is 0. The lowest BCUT2D eigenvalue weighted by Gasteiger charge is -2.37. The van der Waals surface area contributed by atoms with Gasteiger partial charge in [0.05, 0.1) is 0 Å².